The second-order valence-electron chi connectivity index (χ2n) is 3.36. The summed E-state index contributed by atoms with van der Waals surface area (Å²) in [6.45, 7) is 8.60. The van der Waals surface area contributed by atoms with Gasteiger partial charge in [-0.2, -0.15) is 0 Å². The van der Waals surface area contributed by atoms with Crippen molar-refractivity contribution < 1.29 is 4.70 Å². The zero-order valence-electron chi connectivity index (χ0n) is 7.68. The summed E-state index contributed by atoms with van der Waals surface area (Å²) in [5.74, 6) is 1.01. The van der Waals surface area contributed by atoms with Gasteiger partial charge < -0.3 is 4.90 Å². The van der Waals surface area contributed by atoms with Gasteiger partial charge in [-0.3, -0.25) is 4.70 Å². The molecule has 1 unspecified atom stereocenters. The van der Waals surface area contributed by atoms with Crippen LogP contribution in [0.4, 0.5) is 4.70 Å². The monoisotopic (exact) mass is 161 g/mol. The summed E-state index contributed by atoms with van der Waals surface area (Å²) >= 11 is 0. The molecule has 1 atom stereocenters. The Bertz CT molecular complexity index is 95.6. The van der Waals surface area contributed by atoms with E-state index in [1.54, 1.807) is 0 Å². The van der Waals surface area contributed by atoms with Gasteiger partial charge in [0.15, 0.2) is 0 Å². The Labute approximate surface area is 69.1 Å². The van der Waals surface area contributed by atoms with Gasteiger partial charge in [-0.1, -0.05) is 20.3 Å². The second kappa shape index (κ2) is 5.53. The number of likely N-dealkylation sites (tertiary alicyclic amines) is 1. The zero-order valence-corrected chi connectivity index (χ0v) is 7.68. The molecule has 1 aliphatic heterocycles. The van der Waals surface area contributed by atoms with Crippen LogP contribution in [0.3, 0.4) is 0 Å². The summed E-state index contributed by atoms with van der Waals surface area (Å²) in [4.78, 5) is 2.59. The molecule has 0 saturated carbocycles. The Balaban J connectivity index is 0.000001000. The minimum atomic E-state index is 0. The van der Waals surface area contributed by atoms with Crippen molar-refractivity contribution in [1.82, 2.24) is 4.90 Å². The standard InChI is InChI=1S/C9H19N.FH/c1-3-6-10-7-5-9(4-2)8-10;/h9H,3-8H2,1-2H3;1H. The van der Waals surface area contributed by atoms with Gasteiger partial charge in [-0.15, -0.1) is 0 Å². The number of hydrogen-bond donors (Lipinski definition) is 0. The SMILES string of the molecule is CCCN1CCC(CC)C1.F. The Hall–Kier alpha value is -0.110. The van der Waals surface area contributed by atoms with Crippen molar-refractivity contribution in [3.63, 3.8) is 0 Å². The van der Waals surface area contributed by atoms with Crippen molar-refractivity contribution in [1.29, 1.82) is 0 Å². The predicted octanol–water partition coefficient (Wildman–Crippen LogP) is 2.28. The van der Waals surface area contributed by atoms with E-state index in [0.717, 1.165) is 5.92 Å². The lowest BCUT2D eigenvalue weighted by atomic mass is 10.1. The summed E-state index contributed by atoms with van der Waals surface area (Å²) < 4.78 is 0. The van der Waals surface area contributed by atoms with Gasteiger partial charge >= 0.3 is 0 Å². The van der Waals surface area contributed by atoms with Gasteiger partial charge in [0.25, 0.3) is 0 Å². The summed E-state index contributed by atoms with van der Waals surface area (Å²) in [7, 11) is 0. The Morgan fingerprint density at radius 2 is 2.09 bits per heavy atom. The van der Waals surface area contributed by atoms with E-state index in [9.17, 15) is 0 Å². The fourth-order valence-corrected chi connectivity index (χ4v) is 1.77. The summed E-state index contributed by atoms with van der Waals surface area (Å²) in [6.07, 6.45) is 4.13. The maximum Gasteiger partial charge on any atom is 0.00100 e. The normalized spacial score (nSPS) is 25.1. The van der Waals surface area contributed by atoms with Crippen molar-refractivity contribution >= 4 is 0 Å². The topological polar surface area (TPSA) is 3.24 Å². The molecule has 1 nitrogen and oxygen atoms in total. The Kier molecular flexibility index (Phi) is 5.47. The summed E-state index contributed by atoms with van der Waals surface area (Å²) in [5.41, 5.74) is 0. The molecular weight excluding hydrogens is 141 g/mol. The third-order valence-corrected chi connectivity index (χ3v) is 2.49. The second-order valence-corrected chi connectivity index (χ2v) is 3.36. The molecule has 0 bridgehead atoms. The van der Waals surface area contributed by atoms with Crippen LogP contribution in [0, 0.1) is 5.92 Å². The third-order valence-electron chi connectivity index (χ3n) is 2.49. The molecule has 1 aliphatic rings. The van der Waals surface area contributed by atoms with Crippen molar-refractivity contribution in [2.45, 2.75) is 33.1 Å². The number of rotatable bonds is 3. The lowest BCUT2D eigenvalue weighted by molar-refractivity contribution is 0.323. The van der Waals surface area contributed by atoms with E-state index in [4.69, 9.17) is 0 Å². The van der Waals surface area contributed by atoms with Gasteiger partial charge in [0, 0.05) is 6.54 Å². The highest BCUT2D eigenvalue weighted by Gasteiger charge is 2.19. The van der Waals surface area contributed by atoms with Crippen molar-refractivity contribution in [2.24, 2.45) is 5.92 Å². The minimum absolute atomic E-state index is 0. The van der Waals surface area contributed by atoms with E-state index in [-0.39, 0.29) is 4.70 Å². The van der Waals surface area contributed by atoms with Crippen LogP contribution in [-0.2, 0) is 0 Å². The van der Waals surface area contributed by atoms with Crippen LogP contribution in [0.25, 0.3) is 0 Å². The molecule has 0 aromatic carbocycles. The minimum Gasteiger partial charge on any atom is -0.303 e. The molecule has 68 valence electrons. The maximum absolute atomic E-state index is 2.59. The number of nitrogens with zero attached hydrogens (tertiary/aromatic N) is 1. The lowest BCUT2D eigenvalue weighted by Gasteiger charge is -2.13. The average Bonchev–Trinajstić information content (AvgIpc) is 2.37. The fourth-order valence-electron chi connectivity index (χ4n) is 1.77. The fraction of sp³-hybridized carbons (Fsp3) is 1.00. The first-order valence-electron chi connectivity index (χ1n) is 4.59. The van der Waals surface area contributed by atoms with E-state index >= 15 is 0 Å². The maximum atomic E-state index is 2.59. The van der Waals surface area contributed by atoms with E-state index in [2.05, 4.69) is 18.7 Å². The van der Waals surface area contributed by atoms with E-state index in [1.165, 1.54) is 38.9 Å². The smallest absolute Gasteiger partial charge is 0.00100 e. The molecule has 1 heterocycles. The van der Waals surface area contributed by atoms with Crippen LogP contribution in [-0.4, -0.2) is 24.5 Å². The molecule has 1 fully saturated rings. The van der Waals surface area contributed by atoms with E-state index in [1.807, 2.05) is 0 Å². The molecule has 11 heavy (non-hydrogen) atoms. The Morgan fingerprint density at radius 3 is 2.55 bits per heavy atom. The first-order chi connectivity index (χ1) is 4.86. The highest BCUT2D eigenvalue weighted by atomic mass is 19.0. The summed E-state index contributed by atoms with van der Waals surface area (Å²) in [5, 5.41) is 0. The molecule has 1 saturated heterocycles. The molecule has 0 N–H and O–H groups in total. The van der Waals surface area contributed by atoms with E-state index < -0.39 is 0 Å². The van der Waals surface area contributed by atoms with Crippen molar-refractivity contribution in [2.75, 3.05) is 19.6 Å². The van der Waals surface area contributed by atoms with Gasteiger partial charge in [-0.25, -0.2) is 0 Å². The summed E-state index contributed by atoms with van der Waals surface area (Å²) in [6, 6.07) is 0. The first kappa shape index (κ1) is 10.9. The van der Waals surface area contributed by atoms with Crippen LogP contribution in [0.1, 0.15) is 33.1 Å². The highest BCUT2D eigenvalue weighted by Crippen LogP contribution is 2.18. The molecule has 0 spiro atoms. The molecule has 0 radical (unpaired) electrons. The number of halogens is 1. The molecule has 0 aromatic heterocycles. The van der Waals surface area contributed by atoms with Gasteiger partial charge in [0.05, 0.1) is 0 Å². The van der Waals surface area contributed by atoms with Crippen LogP contribution >= 0.6 is 0 Å². The number of hydrogen-bond acceptors (Lipinski definition) is 1. The molecule has 0 aliphatic carbocycles. The van der Waals surface area contributed by atoms with Crippen LogP contribution in [0.2, 0.25) is 0 Å². The molecule has 1 rings (SSSR count). The van der Waals surface area contributed by atoms with Crippen LogP contribution in [0.5, 0.6) is 0 Å². The molecule has 0 amide bonds. The largest absolute Gasteiger partial charge is 0.303 e. The zero-order chi connectivity index (χ0) is 7.40. The molecule has 0 aromatic rings. The van der Waals surface area contributed by atoms with Crippen LogP contribution < -0.4 is 0 Å². The Morgan fingerprint density at radius 1 is 1.36 bits per heavy atom. The first-order valence-corrected chi connectivity index (χ1v) is 4.59. The third kappa shape index (κ3) is 3.19. The predicted molar refractivity (Wildman–Crippen MR) is 47.6 cm³/mol. The average molecular weight is 161 g/mol. The quantitative estimate of drug-likeness (QED) is 0.614. The highest BCUT2D eigenvalue weighted by molar-refractivity contribution is 4.73. The lowest BCUT2D eigenvalue weighted by Crippen LogP contribution is -2.21. The van der Waals surface area contributed by atoms with E-state index in [0.29, 0.717) is 0 Å². The van der Waals surface area contributed by atoms with Crippen LogP contribution in [0.15, 0.2) is 0 Å². The van der Waals surface area contributed by atoms with Crippen molar-refractivity contribution in [3.8, 4) is 0 Å². The van der Waals surface area contributed by atoms with Gasteiger partial charge in [0.2, 0.25) is 0 Å². The van der Waals surface area contributed by atoms with Crippen molar-refractivity contribution in [3.05, 3.63) is 0 Å². The molecule has 2 heteroatoms. The molecular formula is C9H20FN. The van der Waals surface area contributed by atoms with Gasteiger partial charge in [0.1, 0.15) is 0 Å². The van der Waals surface area contributed by atoms with Gasteiger partial charge in [-0.05, 0) is 31.8 Å².